The van der Waals surface area contributed by atoms with Crippen molar-refractivity contribution in [2.45, 2.75) is 25.8 Å². The number of carbonyl (C=O) groups excluding carboxylic acids is 1. The van der Waals surface area contributed by atoms with Crippen molar-refractivity contribution in [3.63, 3.8) is 0 Å². The first kappa shape index (κ1) is 17.1. The van der Waals surface area contributed by atoms with Gasteiger partial charge in [0.05, 0.1) is 5.56 Å². The number of fused-ring (bicyclic) bond motifs is 1. The maximum atomic E-state index is 13.8. The normalized spacial score (nSPS) is 11.7. The zero-order chi connectivity index (χ0) is 18.2. The molecule has 0 unspecified atom stereocenters. The largest absolute Gasteiger partial charge is 0.361 e. The van der Waals surface area contributed by atoms with Crippen LogP contribution < -0.4 is 5.32 Å². The number of halogens is 3. The lowest BCUT2D eigenvalue weighted by Crippen LogP contribution is -2.45. The van der Waals surface area contributed by atoms with Crippen molar-refractivity contribution in [3.8, 4) is 0 Å². The lowest BCUT2D eigenvalue weighted by molar-refractivity contribution is 0.0907. The SMILES string of the molecule is CC(C)(Cc1c[nH]c2ccccc12)NC(=O)c1ccc(F)c(F)c1F. The van der Waals surface area contributed by atoms with Crippen LogP contribution in [-0.4, -0.2) is 16.4 Å². The number of carbonyl (C=O) groups is 1. The van der Waals surface area contributed by atoms with Crippen molar-refractivity contribution in [2.75, 3.05) is 0 Å². The number of hydrogen-bond acceptors (Lipinski definition) is 1. The summed E-state index contributed by atoms with van der Waals surface area (Å²) in [6, 6.07) is 9.42. The van der Waals surface area contributed by atoms with E-state index in [1.165, 1.54) is 0 Å². The maximum absolute atomic E-state index is 13.8. The van der Waals surface area contributed by atoms with Gasteiger partial charge in [-0.25, -0.2) is 13.2 Å². The topological polar surface area (TPSA) is 44.9 Å². The molecule has 2 N–H and O–H groups in total. The second-order valence-corrected chi connectivity index (χ2v) is 6.60. The Morgan fingerprint density at radius 3 is 2.56 bits per heavy atom. The van der Waals surface area contributed by atoms with Crippen LogP contribution in [0, 0.1) is 17.5 Å². The molecule has 25 heavy (non-hydrogen) atoms. The highest BCUT2D eigenvalue weighted by atomic mass is 19.2. The molecule has 3 aromatic rings. The van der Waals surface area contributed by atoms with Crippen LogP contribution >= 0.6 is 0 Å². The van der Waals surface area contributed by atoms with E-state index < -0.39 is 34.5 Å². The Labute approximate surface area is 142 Å². The third kappa shape index (κ3) is 3.38. The Hall–Kier alpha value is -2.76. The van der Waals surface area contributed by atoms with Crippen LogP contribution in [0.25, 0.3) is 10.9 Å². The molecule has 0 saturated heterocycles. The van der Waals surface area contributed by atoms with Gasteiger partial charge >= 0.3 is 0 Å². The number of aromatic amines is 1. The van der Waals surface area contributed by atoms with Crippen LogP contribution in [0.2, 0.25) is 0 Å². The number of H-pyrrole nitrogens is 1. The molecule has 1 amide bonds. The zero-order valence-corrected chi connectivity index (χ0v) is 13.8. The van der Waals surface area contributed by atoms with E-state index in [9.17, 15) is 18.0 Å². The van der Waals surface area contributed by atoms with Crippen molar-refractivity contribution >= 4 is 16.8 Å². The first-order valence-electron chi connectivity index (χ1n) is 7.79. The summed E-state index contributed by atoms with van der Waals surface area (Å²) in [6.07, 6.45) is 2.34. The smallest absolute Gasteiger partial charge is 0.254 e. The number of aromatic nitrogens is 1. The summed E-state index contributed by atoms with van der Waals surface area (Å²) in [4.78, 5) is 15.4. The highest BCUT2D eigenvalue weighted by molar-refractivity contribution is 5.95. The third-order valence-corrected chi connectivity index (χ3v) is 4.04. The summed E-state index contributed by atoms with van der Waals surface area (Å²) in [5.74, 6) is -5.25. The Bertz CT molecular complexity index is 947. The van der Waals surface area contributed by atoms with Gasteiger partial charge in [-0.1, -0.05) is 18.2 Å². The van der Waals surface area contributed by atoms with E-state index in [0.717, 1.165) is 28.6 Å². The Balaban J connectivity index is 1.81. The van der Waals surface area contributed by atoms with Crippen molar-refractivity contribution in [2.24, 2.45) is 0 Å². The molecule has 3 nitrogen and oxygen atoms in total. The first-order chi connectivity index (χ1) is 11.8. The molecule has 2 aromatic carbocycles. The van der Waals surface area contributed by atoms with E-state index in [-0.39, 0.29) is 0 Å². The number of rotatable bonds is 4. The molecule has 0 saturated carbocycles. The molecule has 1 heterocycles. The van der Waals surface area contributed by atoms with Crippen LogP contribution in [0.5, 0.6) is 0 Å². The van der Waals surface area contributed by atoms with E-state index in [0.29, 0.717) is 6.42 Å². The maximum Gasteiger partial charge on any atom is 0.254 e. The molecular formula is C19H17F3N2O. The molecule has 0 bridgehead atoms. The predicted molar refractivity (Wildman–Crippen MR) is 89.9 cm³/mol. The molecule has 1 aromatic heterocycles. The molecule has 3 rings (SSSR count). The highest BCUT2D eigenvalue weighted by Crippen LogP contribution is 2.23. The molecule has 130 valence electrons. The van der Waals surface area contributed by atoms with Gasteiger partial charge in [-0.05, 0) is 44.0 Å². The summed E-state index contributed by atoms with van der Waals surface area (Å²) in [5.41, 5.74) is 0.725. The molecule has 0 fully saturated rings. The van der Waals surface area contributed by atoms with E-state index in [2.05, 4.69) is 10.3 Å². The minimum absolute atomic E-state index is 0.480. The quantitative estimate of drug-likeness (QED) is 0.679. The van der Waals surface area contributed by atoms with Crippen LogP contribution in [0.15, 0.2) is 42.6 Å². The molecule has 6 heteroatoms. The van der Waals surface area contributed by atoms with Crippen molar-refractivity contribution in [3.05, 3.63) is 71.2 Å². The standard InChI is InChI=1S/C19H17F3N2O/c1-19(2,9-11-10-23-15-6-4-3-5-12(11)15)24-18(25)13-7-8-14(20)17(22)16(13)21/h3-8,10,23H,9H2,1-2H3,(H,24,25). The monoisotopic (exact) mass is 346 g/mol. The Morgan fingerprint density at radius 1 is 1.08 bits per heavy atom. The van der Waals surface area contributed by atoms with Gasteiger partial charge in [-0.3, -0.25) is 4.79 Å². The fraction of sp³-hybridized carbons (Fsp3) is 0.211. The van der Waals surface area contributed by atoms with E-state index >= 15 is 0 Å². The average molecular weight is 346 g/mol. The van der Waals surface area contributed by atoms with Crippen LogP contribution in [0.1, 0.15) is 29.8 Å². The molecular weight excluding hydrogens is 329 g/mol. The van der Waals surface area contributed by atoms with Crippen molar-refractivity contribution in [1.82, 2.24) is 10.3 Å². The van der Waals surface area contributed by atoms with Crippen LogP contribution in [0.4, 0.5) is 13.2 Å². The second kappa shape index (κ2) is 6.27. The van der Waals surface area contributed by atoms with Gasteiger partial charge in [0.1, 0.15) is 0 Å². The molecule has 0 aliphatic carbocycles. The van der Waals surface area contributed by atoms with Crippen molar-refractivity contribution in [1.29, 1.82) is 0 Å². The first-order valence-corrected chi connectivity index (χ1v) is 7.79. The number of para-hydroxylation sites is 1. The van der Waals surface area contributed by atoms with Gasteiger partial charge in [0.2, 0.25) is 0 Å². The lowest BCUT2D eigenvalue weighted by atomic mass is 9.94. The number of hydrogen-bond donors (Lipinski definition) is 2. The molecule has 0 aliphatic heterocycles. The molecule has 0 radical (unpaired) electrons. The lowest BCUT2D eigenvalue weighted by Gasteiger charge is -2.26. The van der Waals surface area contributed by atoms with Gasteiger partial charge in [0.15, 0.2) is 17.5 Å². The minimum atomic E-state index is -1.65. The van der Waals surface area contributed by atoms with Gasteiger partial charge < -0.3 is 10.3 Å². The van der Waals surface area contributed by atoms with Gasteiger partial charge in [-0.15, -0.1) is 0 Å². The third-order valence-electron chi connectivity index (χ3n) is 4.04. The summed E-state index contributed by atoms with van der Waals surface area (Å²) in [5, 5.41) is 3.71. The van der Waals surface area contributed by atoms with E-state index in [1.807, 2.05) is 30.5 Å². The van der Waals surface area contributed by atoms with Crippen LogP contribution in [0.3, 0.4) is 0 Å². The van der Waals surface area contributed by atoms with Crippen molar-refractivity contribution < 1.29 is 18.0 Å². The van der Waals surface area contributed by atoms with Gasteiger partial charge in [-0.2, -0.15) is 0 Å². The van der Waals surface area contributed by atoms with E-state index in [4.69, 9.17) is 0 Å². The summed E-state index contributed by atoms with van der Waals surface area (Å²) in [7, 11) is 0. The molecule has 0 atom stereocenters. The summed E-state index contributed by atoms with van der Waals surface area (Å²) < 4.78 is 40.1. The fourth-order valence-electron chi connectivity index (χ4n) is 2.87. The summed E-state index contributed by atoms with van der Waals surface area (Å²) in [6.45, 7) is 3.56. The van der Waals surface area contributed by atoms with Gasteiger partial charge in [0, 0.05) is 22.6 Å². The van der Waals surface area contributed by atoms with E-state index in [1.54, 1.807) is 13.8 Å². The molecule has 0 spiro atoms. The fourth-order valence-corrected chi connectivity index (χ4v) is 2.87. The number of benzene rings is 2. The number of nitrogens with one attached hydrogen (secondary N) is 2. The summed E-state index contributed by atoms with van der Waals surface area (Å²) >= 11 is 0. The predicted octanol–water partition coefficient (Wildman–Crippen LogP) is 4.34. The molecule has 0 aliphatic rings. The highest BCUT2D eigenvalue weighted by Gasteiger charge is 2.26. The second-order valence-electron chi connectivity index (χ2n) is 6.60. The zero-order valence-electron chi connectivity index (χ0n) is 13.8. The average Bonchev–Trinajstić information content (AvgIpc) is 2.94. The number of amides is 1. The minimum Gasteiger partial charge on any atom is -0.361 e. The van der Waals surface area contributed by atoms with Crippen LogP contribution in [-0.2, 0) is 6.42 Å². The Morgan fingerprint density at radius 2 is 1.80 bits per heavy atom. The Kier molecular flexibility index (Phi) is 4.29. The van der Waals surface area contributed by atoms with Gasteiger partial charge in [0.25, 0.3) is 5.91 Å².